The van der Waals surface area contributed by atoms with Gasteiger partial charge in [-0.25, -0.2) is 0 Å². The Balaban J connectivity index is 2.02. The number of hydrogen-bond donors (Lipinski definition) is 0. The van der Waals surface area contributed by atoms with Gasteiger partial charge in [-0.1, -0.05) is 0 Å². The lowest BCUT2D eigenvalue weighted by molar-refractivity contribution is -0.137. The molecule has 1 heterocycles. The third-order valence-electron chi connectivity index (χ3n) is 3.28. The summed E-state index contributed by atoms with van der Waals surface area (Å²) in [7, 11) is 0. The van der Waals surface area contributed by atoms with E-state index in [1.54, 1.807) is 4.90 Å². The summed E-state index contributed by atoms with van der Waals surface area (Å²) >= 11 is 0. The van der Waals surface area contributed by atoms with Crippen LogP contribution in [0.4, 0.5) is 18.9 Å². The lowest BCUT2D eigenvalue weighted by Gasteiger charge is -2.35. The molecule has 1 aliphatic rings. The summed E-state index contributed by atoms with van der Waals surface area (Å²) in [5, 5.41) is 0. The predicted molar refractivity (Wildman–Crippen MR) is 65.9 cm³/mol. The van der Waals surface area contributed by atoms with E-state index in [4.69, 9.17) is 0 Å². The van der Waals surface area contributed by atoms with Crippen molar-refractivity contribution in [2.24, 2.45) is 0 Å². The van der Waals surface area contributed by atoms with E-state index in [0.717, 1.165) is 17.8 Å². The SMILES string of the molecule is CC(=O)N1CCN(c2ccc(C(F)(F)F)cc2)CC1. The average Bonchev–Trinajstić information content (AvgIpc) is 2.38. The molecule has 104 valence electrons. The summed E-state index contributed by atoms with van der Waals surface area (Å²) in [6.45, 7) is 4.02. The summed E-state index contributed by atoms with van der Waals surface area (Å²) < 4.78 is 37.3. The highest BCUT2D eigenvalue weighted by molar-refractivity contribution is 5.73. The van der Waals surface area contributed by atoms with Crippen molar-refractivity contribution in [2.75, 3.05) is 31.1 Å². The third-order valence-corrected chi connectivity index (χ3v) is 3.28. The molecule has 0 unspecified atom stereocenters. The Morgan fingerprint density at radius 1 is 1.05 bits per heavy atom. The van der Waals surface area contributed by atoms with Crippen LogP contribution in [0, 0.1) is 0 Å². The minimum Gasteiger partial charge on any atom is -0.368 e. The molecule has 1 saturated heterocycles. The molecule has 1 amide bonds. The topological polar surface area (TPSA) is 23.6 Å². The van der Waals surface area contributed by atoms with Crippen LogP contribution in [0.3, 0.4) is 0 Å². The molecule has 19 heavy (non-hydrogen) atoms. The van der Waals surface area contributed by atoms with Crippen LogP contribution in [0.5, 0.6) is 0 Å². The van der Waals surface area contributed by atoms with Gasteiger partial charge in [0.1, 0.15) is 0 Å². The highest BCUT2D eigenvalue weighted by Crippen LogP contribution is 2.30. The Bertz CT molecular complexity index is 448. The van der Waals surface area contributed by atoms with Crippen molar-refractivity contribution in [1.29, 1.82) is 0 Å². The predicted octanol–water partition coefficient (Wildman–Crippen LogP) is 2.37. The molecule has 0 aliphatic carbocycles. The summed E-state index contributed by atoms with van der Waals surface area (Å²) in [4.78, 5) is 14.9. The molecular weight excluding hydrogens is 257 g/mol. The first-order valence-corrected chi connectivity index (χ1v) is 6.05. The minimum atomic E-state index is -4.30. The van der Waals surface area contributed by atoms with Crippen molar-refractivity contribution < 1.29 is 18.0 Å². The molecule has 1 aliphatic heterocycles. The lowest BCUT2D eigenvalue weighted by atomic mass is 10.1. The molecule has 2 rings (SSSR count). The fourth-order valence-electron chi connectivity index (χ4n) is 2.14. The van der Waals surface area contributed by atoms with Gasteiger partial charge in [-0.15, -0.1) is 0 Å². The molecule has 6 heteroatoms. The maximum absolute atomic E-state index is 12.4. The molecule has 0 radical (unpaired) electrons. The quantitative estimate of drug-likeness (QED) is 0.783. The van der Waals surface area contributed by atoms with Crippen molar-refractivity contribution in [3.8, 4) is 0 Å². The van der Waals surface area contributed by atoms with Crippen LogP contribution < -0.4 is 4.90 Å². The van der Waals surface area contributed by atoms with Crippen LogP contribution in [0.25, 0.3) is 0 Å². The standard InChI is InChI=1S/C13H15F3N2O/c1-10(19)17-6-8-18(9-7-17)12-4-2-11(3-5-12)13(14,15)16/h2-5H,6-9H2,1H3. The van der Waals surface area contributed by atoms with E-state index >= 15 is 0 Å². The third kappa shape index (κ3) is 3.19. The Hall–Kier alpha value is -1.72. The van der Waals surface area contributed by atoms with Crippen LogP contribution in [0.1, 0.15) is 12.5 Å². The molecule has 0 saturated carbocycles. The number of hydrogen-bond acceptors (Lipinski definition) is 2. The van der Waals surface area contributed by atoms with Gasteiger partial charge in [0.25, 0.3) is 0 Å². The molecular formula is C13H15F3N2O. The fourth-order valence-corrected chi connectivity index (χ4v) is 2.14. The smallest absolute Gasteiger partial charge is 0.368 e. The number of carbonyl (C=O) groups is 1. The molecule has 0 aromatic heterocycles. The van der Waals surface area contributed by atoms with Crippen molar-refractivity contribution >= 4 is 11.6 Å². The lowest BCUT2D eigenvalue weighted by Crippen LogP contribution is -2.48. The Labute approximate surface area is 109 Å². The summed E-state index contributed by atoms with van der Waals surface area (Å²) in [5.41, 5.74) is 0.120. The fraction of sp³-hybridized carbons (Fsp3) is 0.462. The molecule has 0 atom stereocenters. The molecule has 3 nitrogen and oxygen atoms in total. The first-order chi connectivity index (χ1) is 8.88. The van der Waals surface area contributed by atoms with Gasteiger partial charge in [-0.05, 0) is 24.3 Å². The summed E-state index contributed by atoms with van der Waals surface area (Å²) in [6, 6.07) is 5.14. The highest BCUT2D eigenvalue weighted by atomic mass is 19.4. The number of nitrogens with zero attached hydrogens (tertiary/aromatic N) is 2. The van der Waals surface area contributed by atoms with E-state index in [0.29, 0.717) is 26.2 Å². The van der Waals surface area contributed by atoms with Crippen LogP contribution in [0.2, 0.25) is 0 Å². The summed E-state index contributed by atoms with van der Waals surface area (Å²) in [6.07, 6.45) is -4.30. The van der Waals surface area contributed by atoms with E-state index in [-0.39, 0.29) is 5.91 Å². The number of halogens is 3. The van der Waals surface area contributed by atoms with Crippen LogP contribution in [0.15, 0.2) is 24.3 Å². The zero-order chi connectivity index (χ0) is 14.0. The van der Waals surface area contributed by atoms with Crippen molar-refractivity contribution in [3.05, 3.63) is 29.8 Å². The zero-order valence-electron chi connectivity index (χ0n) is 10.6. The number of anilines is 1. The van der Waals surface area contributed by atoms with Crippen molar-refractivity contribution in [2.45, 2.75) is 13.1 Å². The van der Waals surface area contributed by atoms with Gasteiger partial charge >= 0.3 is 6.18 Å². The van der Waals surface area contributed by atoms with Gasteiger partial charge in [-0.2, -0.15) is 13.2 Å². The first kappa shape index (κ1) is 13.7. The Morgan fingerprint density at radius 3 is 2.00 bits per heavy atom. The van der Waals surface area contributed by atoms with Gasteiger partial charge in [0.05, 0.1) is 5.56 Å². The van der Waals surface area contributed by atoms with Crippen LogP contribution >= 0.6 is 0 Å². The monoisotopic (exact) mass is 272 g/mol. The van der Waals surface area contributed by atoms with E-state index < -0.39 is 11.7 Å². The number of amides is 1. The number of rotatable bonds is 1. The number of piperazine rings is 1. The molecule has 1 fully saturated rings. The van der Waals surface area contributed by atoms with Gasteiger partial charge in [0, 0.05) is 38.8 Å². The maximum Gasteiger partial charge on any atom is 0.416 e. The Kier molecular flexibility index (Phi) is 3.68. The van der Waals surface area contributed by atoms with Crippen LogP contribution in [-0.2, 0) is 11.0 Å². The van der Waals surface area contributed by atoms with E-state index in [9.17, 15) is 18.0 Å². The Morgan fingerprint density at radius 2 is 1.58 bits per heavy atom. The van der Waals surface area contributed by atoms with Crippen molar-refractivity contribution in [1.82, 2.24) is 4.90 Å². The van der Waals surface area contributed by atoms with E-state index in [1.807, 2.05) is 4.90 Å². The van der Waals surface area contributed by atoms with E-state index in [1.165, 1.54) is 19.1 Å². The zero-order valence-corrected chi connectivity index (χ0v) is 10.6. The molecule has 0 bridgehead atoms. The average molecular weight is 272 g/mol. The van der Waals surface area contributed by atoms with Crippen LogP contribution in [-0.4, -0.2) is 37.0 Å². The minimum absolute atomic E-state index is 0.0343. The number of alkyl halides is 3. The van der Waals surface area contributed by atoms with Gasteiger partial charge in [0.2, 0.25) is 5.91 Å². The highest BCUT2D eigenvalue weighted by Gasteiger charge is 2.30. The van der Waals surface area contributed by atoms with Gasteiger partial charge in [-0.3, -0.25) is 4.79 Å². The molecule has 1 aromatic rings. The first-order valence-electron chi connectivity index (χ1n) is 6.05. The molecule has 1 aromatic carbocycles. The largest absolute Gasteiger partial charge is 0.416 e. The molecule has 0 spiro atoms. The number of carbonyl (C=O) groups excluding carboxylic acids is 1. The maximum atomic E-state index is 12.4. The number of benzene rings is 1. The molecule has 0 N–H and O–H groups in total. The van der Waals surface area contributed by atoms with E-state index in [2.05, 4.69) is 0 Å². The normalized spacial score (nSPS) is 16.6. The summed E-state index contributed by atoms with van der Waals surface area (Å²) in [5.74, 6) is 0.0343. The second-order valence-corrected chi connectivity index (χ2v) is 4.54. The van der Waals surface area contributed by atoms with Gasteiger partial charge < -0.3 is 9.80 Å². The second-order valence-electron chi connectivity index (χ2n) is 4.54. The second kappa shape index (κ2) is 5.11. The van der Waals surface area contributed by atoms with Gasteiger partial charge in [0.15, 0.2) is 0 Å². The van der Waals surface area contributed by atoms with Crippen molar-refractivity contribution in [3.63, 3.8) is 0 Å².